The summed E-state index contributed by atoms with van der Waals surface area (Å²) in [5.41, 5.74) is -0.375. The molecule has 8 heteroatoms. The van der Waals surface area contributed by atoms with Crippen LogP contribution in [0.5, 0.6) is 0 Å². The van der Waals surface area contributed by atoms with Crippen LogP contribution in [0.1, 0.15) is 71.1 Å². The zero-order valence-electron chi connectivity index (χ0n) is 20.8. The molecule has 0 saturated carbocycles. The highest BCUT2D eigenvalue weighted by Crippen LogP contribution is 2.52. The van der Waals surface area contributed by atoms with Crippen molar-refractivity contribution in [3.8, 4) is 0 Å². The minimum Gasteiger partial charge on any atom is -0.481 e. The molecule has 1 aliphatic carbocycles. The number of Topliss-reactive ketones (excluding diaryl/α,β-unsaturated/α-hetero) is 1. The Hall–Kier alpha value is -2.58. The normalized spacial score (nSPS) is 24.2. The van der Waals surface area contributed by atoms with Crippen LogP contribution in [0.25, 0.3) is 0 Å². The van der Waals surface area contributed by atoms with Crippen molar-refractivity contribution in [2.75, 3.05) is 13.6 Å². The molecule has 3 N–H and O–H groups in total. The zero-order chi connectivity index (χ0) is 26.0. The van der Waals surface area contributed by atoms with Crippen molar-refractivity contribution in [3.05, 3.63) is 36.1 Å². The molecule has 1 aliphatic heterocycles. The Morgan fingerprint density at radius 1 is 1.17 bits per heavy atom. The van der Waals surface area contributed by atoms with Crippen LogP contribution < -0.4 is 0 Å². The number of rotatable bonds is 15. The molecule has 2 rings (SSSR count). The first-order chi connectivity index (χ1) is 16.6. The number of nitrogens with zero attached hydrogens (tertiary/aromatic N) is 1. The number of likely N-dealkylation sites (tertiary alicyclic amines) is 1. The lowest BCUT2D eigenvalue weighted by molar-refractivity contribution is -0.137. The molecule has 4 atom stereocenters. The highest BCUT2D eigenvalue weighted by Gasteiger charge is 2.56. The van der Waals surface area contributed by atoms with Crippen LogP contribution in [0.15, 0.2) is 36.1 Å². The number of carbonyl (C=O) groups is 4. The van der Waals surface area contributed by atoms with Gasteiger partial charge in [0.2, 0.25) is 11.6 Å². The van der Waals surface area contributed by atoms with Gasteiger partial charge in [0, 0.05) is 38.2 Å². The Kier molecular flexibility index (Phi) is 11.0. The van der Waals surface area contributed by atoms with Gasteiger partial charge in [0.15, 0.2) is 5.78 Å². The van der Waals surface area contributed by atoms with Crippen LogP contribution in [0.4, 0.5) is 0 Å². The van der Waals surface area contributed by atoms with Crippen molar-refractivity contribution in [1.29, 1.82) is 0 Å². The lowest BCUT2D eigenvalue weighted by Crippen LogP contribution is -2.45. The van der Waals surface area contributed by atoms with Gasteiger partial charge in [-0.1, -0.05) is 50.8 Å². The van der Waals surface area contributed by atoms with E-state index in [2.05, 4.69) is 0 Å². The summed E-state index contributed by atoms with van der Waals surface area (Å²) in [6.45, 7) is 2.29. The monoisotopic (exact) mass is 489 g/mol. The molecule has 0 bridgehead atoms. The minimum absolute atomic E-state index is 0.114. The molecule has 2 aliphatic rings. The van der Waals surface area contributed by atoms with Gasteiger partial charge in [-0.15, -0.1) is 0 Å². The fourth-order valence-electron chi connectivity index (χ4n) is 5.10. The number of hydrogen-bond acceptors (Lipinski definition) is 7. The third-order valence-electron chi connectivity index (χ3n) is 7.07. The number of hydrogen-bond donors (Lipinski definition) is 3. The van der Waals surface area contributed by atoms with Crippen molar-refractivity contribution >= 4 is 23.3 Å². The van der Waals surface area contributed by atoms with E-state index in [0.717, 1.165) is 25.7 Å². The van der Waals surface area contributed by atoms with Crippen molar-refractivity contribution in [3.63, 3.8) is 0 Å². The summed E-state index contributed by atoms with van der Waals surface area (Å²) in [5, 5.41) is 30.0. The van der Waals surface area contributed by atoms with E-state index in [9.17, 15) is 29.4 Å². The van der Waals surface area contributed by atoms with E-state index in [1.807, 2.05) is 19.1 Å². The maximum atomic E-state index is 12.6. The molecule has 0 amide bonds. The Labute approximate surface area is 207 Å². The number of allylic oxidation sites excluding steroid dienone is 4. The van der Waals surface area contributed by atoms with Crippen molar-refractivity contribution < 1.29 is 34.5 Å². The first-order valence-electron chi connectivity index (χ1n) is 12.6. The predicted molar refractivity (Wildman–Crippen MR) is 131 cm³/mol. The second-order valence-corrected chi connectivity index (χ2v) is 9.63. The predicted octanol–water partition coefficient (Wildman–Crippen LogP) is 2.98. The molecular weight excluding hydrogens is 450 g/mol. The quantitative estimate of drug-likeness (QED) is 0.138. The highest BCUT2D eigenvalue weighted by atomic mass is 16.4. The van der Waals surface area contributed by atoms with Gasteiger partial charge in [0.1, 0.15) is 6.10 Å². The van der Waals surface area contributed by atoms with Crippen molar-refractivity contribution in [2.45, 2.75) is 83.3 Å². The van der Waals surface area contributed by atoms with Crippen LogP contribution in [0, 0.1) is 11.3 Å². The summed E-state index contributed by atoms with van der Waals surface area (Å²) in [7, 11) is 1.78. The van der Waals surface area contributed by atoms with Crippen molar-refractivity contribution in [2.24, 2.45) is 11.3 Å². The van der Waals surface area contributed by atoms with Gasteiger partial charge in [0.25, 0.3) is 0 Å². The standard InChI is InChI=1S/C27H39NO7/c1-3-4-8-11-19(27-17-23(32)22(31)16-24(27)28(2)18-25(27)33)14-15-21(30)20(29)12-9-6-5-7-10-13-26(34)35/h4,8,14-16,19-20,25,29,33H,3,5-7,9-13,17-18H2,1-2H3,(H,34,35)/b8-4-,15-14+/t19-,20?,25+,27+/m1/s1. The number of fused-ring (bicyclic) bond motifs is 1. The van der Waals surface area contributed by atoms with Gasteiger partial charge in [-0.2, -0.15) is 0 Å². The second kappa shape index (κ2) is 13.5. The van der Waals surface area contributed by atoms with E-state index >= 15 is 0 Å². The Balaban J connectivity index is 2.08. The van der Waals surface area contributed by atoms with Gasteiger partial charge >= 0.3 is 5.97 Å². The lowest BCUT2D eigenvalue weighted by atomic mass is 9.63. The molecule has 1 saturated heterocycles. The number of aliphatic carboxylic acids is 1. The summed E-state index contributed by atoms with van der Waals surface area (Å²) in [5.74, 6) is -2.75. The van der Waals surface area contributed by atoms with E-state index < -0.39 is 46.9 Å². The highest BCUT2D eigenvalue weighted by molar-refractivity contribution is 6.42. The van der Waals surface area contributed by atoms with Gasteiger partial charge < -0.3 is 20.2 Å². The third-order valence-corrected chi connectivity index (χ3v) is 7.07. The molecule has 0 radical (unpaired) electrons. The Bertz CT molecular complexity index is 875. The first-order valence-corrected chi connectivity index (χ1v) is 12.6. The SMILES string of the molecule is CC/C=C\C[C@H](/C=C/C(=O)C(O)CCCCCCCC(=O)O)[C@@]12CC(=O)C(=O)C=C1N(C)C[C@@H]2O. The second-order valence-electron chi connectivity index (χ2n) is 9.63. The summed E-state index contributed by atoms with van der Waals surface area (Å²) in [4.78, 5) is 49.5. The van der Waals surface area contributed by atoms with Gasteiger partial charge in [-0.3, -0.25) is 19.2 Å². The number of carboxylic acid groups (broad SMARTS) is 1. The average molecular weight is 490 g/mol. The molecule has 194 valence electrons. The smallest absolute Gasteiger partial charge is 0.303 e. The fraction of sp³-hybridized carbons (Fsp3) is 0.630. The molecule has 8 nitrogen and oxygen atoms in total. The molecule has 0 aromatic heterocycles. The fourth-order valence-corrected chi connectivity index (χ4v) is 5.10. The van der Waals surface area contributed by atoms with Crippen LogP contribution in [0.3, 0.4) is 0 Å². The molecule has 1 fully saturated rings. The number of aliphatic hydroxyl groups is 2. The van der Waals surface area contributed by atoms with E-state index in [1.165, 1.54) is 12.2 Å². The van der Waals surface area contributed by atoms with E-state index in [4.69, 9.17) is 5.11 Å². The molecule has 0 spiro atoms. The number of carboxylic acids is 1. The summed E-state index contributed by atoms with van der Waals surface area (Å²) >= 11 is 0. The topological polar surface area (TPSA) is 132 Å². The van der Waals surface area contributed by atoms with Crippen LogP contribution in [0.2, 0.25) is 0 Å². The van der Waals surface area contributed by atoms with Crippen LogP contribution in [-0.2, 0) is 19.2 Å². The van der Waals surface area contributed by atoms with Crippen LogP contribution in [-0.4, -0.2) is 69.3 Å². The number of aliphatic hydroxyl groups excluding tert-OH is 2. The molecule has 1 heterocycles. The maximum absolute atomic E-state index is 12.6. The first kappa shape index (κ1) is 28.7. The minimum atomic E-state index is -1.14. The lowest BCUT2D eigenvalue weighted by Gasteiger charge is -2.40. The average Bonchev–Trinajstić information content (AvgIpc) is 3.04. The number of β-amino-alcohol motifs (C(OH)–C–C–N with tert-alkyl or cyclic N) is 1. The van der Waals surface area contributed by atoms with Crippen LogP contribution >= 0.6 is 0 Å². The van der Waals surface area contributed by atoms with Gasteiger partial charge in [-0.05, 0) is 37.7 Å². The zero-order valence-corrected chi connectivity index (χ0v) is 20.8. The number of ketones is 3. The van der Waals surface area contributed by atoms with Gasteiger partial charge in [-0.25, -0.2) is 0 Å². The van der Waals surface area contributed by atoms with Crippen molar-refractivity contribution in [1.82, 2.24) is 4.90 Å². The molecule has 0 aromatic carbocycles. The number of likely N-dealkylation sites (N-methyl/N-ethyl adjacent to an activating group) is 1. The maximum Gasteiger partial charge on any atom is 0.303 e. The largest absolute Gasteiger partial charge is 0.481 e. The van der Waals surface area contributed by atoms with E-state index in [1.54, 1.807) is 18.0 Å². The molecule has 35 heavy (non-hydrogen) atoms. The summed E-state index contributed by atoms with van der Waals surface area (Å²) in [6, 6.07) is 0. The molecular formula is C27H39NO7. The summed E-state index contributed by atoms with van der Waals surface area (Å²) in [6.07, 6.45) is 11.7. The van der Waals surface area contributed by atoms with Gasteiger partial charge in [0.05, 0.1) is 11.5 Å². The Morgan fingerprint density at radius 2 is 1.86 bits per heavy atom. The van der Waals surface area contributed by atoms with E-state index in [0.29, 0.717) is 31.4 Å². The third kappa shape index (κ3) is 7.45. The Morgan fingerprint density at radius 3 is 2.54 bits per heavy atom. The van der Waals surface area contributed by atoms with E-state index in [-0.39, 0.29) is 19.4 Å². The number of unbranched alkanes of at least 4 members (excludes halogenated alkanes) is 4. The summed E-state index contributed by atoms with van der Waals surface area (Å²) < 4.78 is 0. The number of carbonyl (C=O) groups excluding carboxylic acids is 3. The molecule has 0 aromatic rings. The molecule has 1 unspecified atom stereocenters.